The highest BCUT2D eigenvalue weighted by atomic mass is 32.2. The van der Waals surface area contributed by atoms with Crippen molar-refractivity contribution in [2.75, 3.05) is 5.75 Å². The fourth-order valence-electron chi connectivity index (χ4n) is 3.10. The van der Waals surface area contributed by atoms with Gasteiger partial charge in [0.2, 0.25) is 5.60 Å². The maximum Gasteiger partial charge on any atom is 0.417 e. The van der Waals surface area contributed by atoms with Gasteiger partial charge in [-0.15, -0.1) is 0 Å². The van der Waals surface area contributed by atoms with E-state index in [9.17, 15) is 44.7 Å². The van der Waals surface area contributed by atoms with E-state index in [0.717, 1.165) is 19.1 Å². The van der Waals surface area contributed by atoms with Gasteiger partial charge >= 0.3 is 18.3 Å². The van der Waals surface area contributed by atoms with E-state index in [4.69, 9.17) is 4.74 Å². The number of alkyl halides is 6. The van der Waals surface area contributed by atoms with E-state index in [1.54, 1.807) is 0 Å². The fraction of sp³-hybridized carbons (Fsp3) is 0.435. The number of rotatable bonds is 6. The van der Waals surface area contributed by atoms with Gasteiger partial charge in [-0.2, -0.15) is 26.3 Å². The van der Waals surface area contributed by atoms with Crippen molar-refractivity contribution in [3.05, 3.63) is 47.5 Å². The summed E-state index contributed by atoms with van der Waals surface area (Å²) < 4.78 is 112. The van der Waals surface area contributed by atoms with Crippen molar-refractivity contribution in [3.63, 3.8) is 0 Å². The van der Waals surface area contributed by atoms with E-state index in [-0.39, 0.29) is 0 Å². The zero-order chi connectivity index (χ0) is 27.2. The van der Waals surface area contributed by atoms with Crippen molar-refractivity contribution in [1.29, 1.82) is 0 Å². The van der Waals surface area contributed by atoms with Gasteiger partial charge in [0.05, 0.1) is 21.8 Å². The van der Waals surface area contributed by atoms with Crippen LogP contribution in [0.4, 0.5) is 26.3 Å². The van der Waals surface area contributed by atoms with Crippen molar-refractivity contribution in [1.82, 2.24) is 0 Å². The molecule has 5 nitrogen and oxygen atoms in total. The van der Waals surface area contributed by atoms with Crippen LogP contribution in [-0.4, -0.2) is 30.8 Å². The molecule has 0 aliphatic rings. The molecule has 0 fully saturated rings. The molecular formula is C23H24F6O5S. The van der Waals surface area contributed by atoms with Crippen LogP contribution >= 0.6 is 0 Å². The van der Waals surface area contributed by atoms with Gasteiger partial charge in [0.15, 0.2) is 9.84 Å². The number of carboxylic acids is 1. The van der Waals surface area contributed by atoms with Crippen LogP contribution in [-0.2, 0) is 27.0 Å². The lowest BCUT2D eigenvalue weighted by atomic mass is 9.77. The van der Waals surface area contributed by atoms with Gasteiger partial charge in [-0.05, 0) is 42.8 Å². The third-order valence-electron chi connectivity index (χ3n) is 5.77. The number of halogens is 6. The number of aliphatic carboxylic acids is 1. The summed E-state index contributed by atoms with van der Waals surface area (Å²) in [7, 11) is -4.32. The Hall–Kier alpha value is -2.76. The minimum absolute atomic E-state index is 0.417. The van der Waals surface area contributed by atoms with Crippen LogP contribution in [0.1, 0.15) is 45.7 Å². The largest absolute Gasteiger partial charge is 0.478 e. The van der Waals surface area contributed by atoms with E-state index in [0.29, 0.717) is 24.3 Å². The molecule has 2 aromatic rings. The first kappa shape index (κ1) is 28.5. The normalized spacial score (nSPS) is 14.9. The molecule has 0 aliphatic heterocycles. The zero-order valence-electron chi connectivity index (χ0n) is 19.4. The molecular weight excluding hydrogens is 502 g/mol. The minimum atomic E-state index is -5.14. The highest BCUT2D eigenvalue weighted by Crippen LogP contribution is 2.44. The molecule has 0 unspecified atom stereocenters. The Balaban J connectivity index is 2.89. The molecule has 0 aromatic heterocycles. The average molecular weight is 526 g/mol. The molecule has 194 valence electrons. The van der Waals surface area contributed by atoms with E-state index in [1.165, 1.54) is 27.7 Å². The van der Waals surface area contributed by atoms with Crippen molar-refractivity contribution in [2.24, 2.45) is 5.41 Å². The molecule has 1 N–H and O–H groups in total. The second-order valence-corrected chi connectivity index (χ2v) is 11.3. The summed E-state index contributed by atoms with van der Waals surface area (Å²) in [4.78, 5) is 11.0. The molecule has 0 amide bonds. The zero-order valence-corrected chi connectivity index (χ0v) is 20.2. The Morgan fingerprint density at radius 3 is 1.91 bits per heavy atom. The van der Waals surface area contributed by atoms with Crippen molar-refractivity contribution in [3.8, 4) is 16.9 Å². The Bertz CT molecular complexity index is 1230. The number of hydrogen-bond acceptors (Lipinski definition) is 4. The van der Waals surface area contributed by atoms with Gasteiger partial charge < -0.3 is 9.84 Å². The molecule has 0 radical (unpaired) electrons. The van der Waals surface area contributed by atoms with Crippen molar-refractivity contribution < 1.29 is 49.4 Å². The van der Waals surface area contributed by atoms with E-state index < -0.39 is 77.8 Å². The van der Waals surface area contributed by atoms with Gasteiger partial charge in [0.25, 0.3) is 0 Å². The third kappa shape index (κ3) is 5.74. The van der Waals surface area contributed by atoms with E-state index in [2.05, 4.69) is 0 Å². The summed E-state index contributed by atoms with van der Waals surface area (Å²) >= 11 is 0. The summed E-state index contributed by atoms with van der Waals surface area (Å²) in [5, 5.41) is 9.76. The molecule has 1 atom stereocenters. The predicted molar refractivity (Wildman–Crippen MR) is 116 cm³/mol. The number of hydrogen-bond donors (Lipinski definition) is 1. The van der Waals surface area contributed by atoms with Gasteiger partial charge in [-0.25, -0.2) is 13.2 Å². The Morgan fingerprint density at radius 1 is 0.914 bits per heavy atom. The molecule has 0 bridgehead atoms. The van der Waals surface area contributed by atoms with Crippen LogP contribution in [0.2, 0.25) is 0 Å². The van der Waals surface area contributed by atoms with Crippen LogP contribution in [0.25, 0.3) is 11.1 Å². The molecule has 0 spiro atoms. The lowest BCUT2D eigenvalue weighted by Gasteiger charge is -2.38. The smallest absolute Gasteiger partial charge is 0.417 e. The summed E-state index contributed by atoms with van der Waals surface area (Å²) in [5.74, 6) is -2.50. The second kappa shape index (κ2) is 9.03. The average Bonchev–Trinajstić information content (AvgIpc) is 2.71. The van der Waals surface area contributed by atoms with Gasteiger partial charge in [-0.1, -0.05) is 33.8 Å². The number of ether oxygens (including phenoxy) is 1. The molecule has 2 rings (SSSR count). The standard InChI is InChI=1S/C23H24F6O5S/c1-6-35(32,33)18-10-7-13(11-16(18)23(27,28)29)15-12-14(22(24,25)26)8-9-17(15)34-21(5,19(30)31)20(2,3)4/h7-12H,6H2,1-5H3,(H,30,31)/t21-/m1/s1. The summed E-state index contributed by atoms with van der Waals surface area (Å²) in [6, 6.07) is 3.99. The predicted octanol–water partition coefficient (Wildman–Crippen LogP) is 6.45. The quantitative estimate of drug-likeness (QED) is 0.438. The summed E-state index contributed by atoms with van der Waals surface area (Å²) in [5.41, 5.74) is -6.77. The molecule has 0 saturated carbocycles. The molecule has 0 heterocycles. The highest BCUT2D eigenvalue weighted by Gasteiger charge is 2.48. The number of sulfone groups is 1. The molecule has 2 aromatic carbocycles. The SMILES string of the molecule is CCS(=O)(=O)c1ccc(-c2cc(C(F)(F)F)ccc2O[C@](C)(C(=O)O)C(C)(C)C)cc1C(F)(F)F. The second-order valence-electron chi connectivity index (χ2n) is 9.01. The van der Waals surface area contributed by atoms with Crippen LogP contribution in [0, 0.1) is 5.41 Å². The van der Waals surface area contributed by atoms with Crippen LogP contribution < -0.4 is 4.74 Å². The highest BCUT2D eigenvalue weighted by molar-refractivity contribution is 7.91. The lowest BCUT2D eigenvalue weighted by molar-refractivity contribution is -0.163. The summed E-state index contributed by atoms with van der Waals surface area (Å²) in [6.45, 7) is 6.88. The van der Waals surface area contributed by atoms with Gasteiger partial charge in [0, 0.05) is 11.0 Å². The first-order valence-corrected chi connectivity index (χ1v) is 11.9. The Kier molecular flexibility index (Phi) is 7.35. The first-order valence-electron chi connectivity index (χ1n) is 10.2. The Morgan fingerprint density at radius 2 is 1.49 bits per heavy atom. The molecule has 0 aliphatic carbocycles. The van der Waals surface area contributed by atoms with Gasteiger partial charge in [-0.3, -0.25) is 0 Å². The molecule has 35 heavy (non-hydrogen) atoms. The van der Waals surface area contributed by atoms with Crippen LogP contribution in [0.5, 0.6) is 5.75 Å². The van der Waals surface area contributed by atoms with E-state index in [1.807, 2.05) is 0 Å². The van der Waals surface area contributed by atoms with E-state index >= 15 is 0 Å². The summed E-state index contributed by atoms with van der Waals surface area (Å²) in [6.07, 6.45) is -10.0. The van der Waals surface area contributed by atoms with Gasteiger partial charge in [0.1, 0.15) is 5.75 Å². The Labute approximate surface area is 198 Å². The van der Waals surface area contributed by atoms with Crippen LogP contribution in [0.15, 0.2) is 41.3 Å². The lowest BCUT2D eigenvalue weighted by Crippen LogP contribution is -2.52. The monoisotopic (exact) mass is 526 g/mol. The fourth-order valence-corrected chi connectivity index (χ4v) is 4.20. The molecule has 12 heteroatoms. The maximum absolute atomic E-state index is 13.8. The molecule has 0 saturated heterocycles. The minimum Gasteiger partial charge on any atom is -0.478 e. The van der Waals surface area contributed by atoms with Crippen molar-refractivity contribution in [2.45, 2.75) is 57.5 Å². The maximum atomic E-state index is 13.8. The topological polar surface area (TPSA) is 80.7 Å². The first-order chi connectivity index (χ1) is 15.6. The number of benzene rings is 2. The van der Waals surface area contributed by atoms with Crippen LogP contribution in [0.3, 0.4) is 0 Å². The number of carbonyl (C=O) groups is 1. The third-order valence-corrected chi connectivity index (χ3v) is 7.56. The number of carboxylic acid groups (broad SMARTS) is 1. The van der Waals surface area contributed by atoms with Crippen molar-refractivity contribution >= 4 is 15.8 Å².